The van der Waals surface area contributed by atoms with Crippen molar-refractivity contribution in [3.63, 3.8) is 0 Å². The standard InChI is InChI=1S/C25H28N2O5/c1-4-32-18-10-8-17(9-11-18)22-23(26-14-6-5-7-15-26)25(29)27(24(22)28)20-16-19(30-2)12-13-21(20)31-3/h8-13,16H,4-7,14-15H2,1-3H3. The first-order valence-electron chi connectivity index (χ1n) is 10.9. The van der Waals surface area contributed by atoms with Crippen LogP contribution in [0.3, 0.4) is 0 Å². The van der Waals surface area contributed by atoms with Gasteiger partial charge in [0.2, 0.25) is 0 Å². The number of amides is 2. The number of imide groups is 1. The van der Waals surface area contributed by atoms with E-state index in [1.807, 2.05) is 36.1 Å². The summed E-state index contributed by atoms with van der Waals surface area (Å²) >= 11 is 0. The van der Waals surface area contributed by atoms with E-state index in [1.165, 1.54) is 12.0 Å². The van der Waals surface area contributed by atoms with E-state index in [9.17, 15) is 9.59 Å². The van der Waals surface area contributed by atoms with Gasteiger partial charge in [0.1, 0.15) is 22.9 Å². The molecular weight excluding hydrogens is 408 g/mol. The Morgan fingerprint density at radius 3 is 2.16 bits per heavy atom. The molecule has 0 aliphatic carbocycles. The second-order valence-electron chi connectivity index (χ2n) is 7.71. The highest BCUT2D eigenvalue weighted by Gasteiger charge is 2.43. The molecule has 0 bridgehead atoms. The third-order valence-electron chi connectivity index (χ3n) is 5.81. The van der Waals surface area contributed by atoms with Crippen molar-refractivity contribution in [2.75, 3.05) is 38.8 Å². The minimum Gasteiger partial charge on any atom is -0.497 e. The average Bonchev–Trinajstić information content (AvgIpc) is 3.09. The zero-order valence-electron chi connectivity index (χ0n) is 18.7. The van der Waals surface area contributed by atoms with Crippen LogP contribution in [0, 0.1) is 0 Å². The topological polar surface area (TPSA) is 68.3 Å². The molecular formula is C25H28N2O5. The molecule has 2 aliphatic heterocycles. The van der Waals surface area contributed by atoms with Gasteiger partial charge in [-0.15, -0.1) is 0 Å². The van der Waals surface area contributed by atoms with E-state index in [2.05, 4.69) is 0 Å². The monoisotopic (exact) mass is 436 g/mol. The maximum absolute atomic E-state index is 13.7. The van der Waals surface area contributed by atoms with Gasteiger partial charge in [-0.3, -0.25) is 9.59 Å². The summed E-state index contributed by atoms with van der Waals surface area (Å²) < 4.78 is 16.3. The van der Waals surface area contributed by atoms with Crippen LogP contribution in [0.4, 0.5) is 5.69 Å². The number of likely N-dealkylation sites (tertiary alicyclic amines) is 1. The van der Waals surface area contributed by atoms with Gasteiger partial charge in [-0.1, -0.05) is 12.1 Å². The van der Waals surface area contributed by atoms with Crippen molar-refractivity contribution in [2.24, 2.45) is 0 Å². The third kappa shape index (κ3) is 3.90. The molecule has 0 saturated carbocycles. The number of carbonyl (C=O) groups excluding carboxylic acids is 2. The number of hydrogen-bond donors (Lipinski definition) is 0. The maximum Gasteiger partial charge on any atom is 0.282 e. The van der Waals surface area contributed by atoms with Gasteiger partial charge in [0.15, 0.2) is 0 Å². The molecule has 0 atom stereocenters. The van der Waals surface area contributed by atoms with E-state index in [0.29, 0.717) is 40.6 Å². The highest BCUT2D eigenvalue weighted by Crippen LogP contribution is 2.41. The van der Waals surface area contributed by atoms with Crippen LogP contribution in [0.15, 0.2) is 48.2 Å². The minimum absolute atomic E-state index is 0.340. The van der Waals surface area contributed by atoms with Crippen LogP contribution < -0.4 is 19.1 Å². The predicted molar refractivity (Wildman–Crippen MR) is 122 cm³/mol. The molecule has 1 saturated heterocycles. The van der Waals surface area contributed by atoms with Gasteiger partial charge in [0.05, 0.1) is 32.1 Å². The van der Waals surface area contributed by atoms with Gasteiger partial charge in [-0.25, -0.2) is 4.90 Å². The van der Waals surface area contributed by atoms with Crippen LogP contribution in [-0.2, 0) is 9.59 Å². The number of piperidine rings is 1. The molecule has 0 aromatic heterocycles. The number of carbonyl (C=O) groups is 2. The second-order valence-corrected chi connectivity index (χ2v) is 7.71. The number of ether oxygens (including phenoxy) is 3. The Labute approximate surface area is 188 Å². The van der Waals surface area contributed by atoms with E-state index in [1.54, 1.807) is 25.3 Å². The molecule has 2 aromatic rings. The highest BCUT2D eigenvalue weighted by atomic mass is 16.5. The Morgan fingerprint density at radius 1 is 0.844 bits per heavy atom. The molecule has 7 heteroatoms. The fourth-order valence-corrected chi connectivity index (χ4v) is 4.26. The van der Waals surface area contributed by atoms with Crippen molar-refractivity contribution in [2.45, 2.75) is 26.2 Å². The summed E-state index contributed by atoms with van der Waals surface area (Å²) in [6, 6.07) is 12.4. The van der Waals surface area contributed by atoms with Crippen LogP contribution in [0.1, 0.15) is 31.7 Å². The summed E-state index contributed by atoms with van der Waals surface area (Å²) in [6.07, 6.45) is 3.10. The van der Waals surface area contributed by atoms with E-state index >= 15 is 0 Å². The van der Waals surface area contributed by atoms with Gasteiger partial charge in [0, 0.05) is 19.2 Å². The first-order chi connectivity index (χ1) is 15.6. The Kier molecular flexibility index (Phi) is 6.35. The molecule has 2 aromatic carbocycles. The molecule has 4 rings (SSSR count). The van der Waals surface area contributed by atoms with Gasteiger partial charge in [0.25, 0.3) is 11.8 Å². The molecule has 0 spiro atoms. The average molecular weight is 437 g/mol. The second kappa shape index (κ2) is 9.34. The summed E-state index contributed by atoms with van der Waals surface area (Å²) in [6.45, 7) is 3.97. The molecule has 0 unspecified atom stereocenters. The number of hydrogen-bond acceptors (Lipinski definition) is 6. The van der Waals surface area contributed by atoms with Crippen molar-refractivity contribution in [3.05, 3.63) is 53.7 Å². The SMILES string of the molecule is CCOc1ccc(C2=C(N3CCCCC3)C(=O)N(c3cc(OC)ccc3OC)C2=O)cc1. The lowest BCUT2D eigenvalue weighted by Crippen LogP contribution is -2.37. The lowest BCUT2D eigenvalue weighted by atomic mass is 10.0. The minimum atomic E-state index is -0.369. The van der Waals surface area contributed by atoms with Crippen LogP contribution in [0.2, 0.25) is 0 Å². The molecule has 2 heterocycles. The molecule has 7 nitrogen and oxygen atoms in total. The summed E-state index contributed by atoms with van der Waals surface area (Å²) in [5, 5.41) is 0. The number of nitrogens with zero attached hydrogens (tertiary/aromatic N) is 2. The van der Waals surface area contributed by atoms with Crippen molar-refractivity contribution in [3.8, 4) is 17.2 Å². The fraction of sp³-hybridized carbons (Fsp3) is 0.360. The van der Waals surface area contributed by atoms with E-state index in [0.717, 1.165) is 38.1 Å². The Bertz CT molecular complexity index is 1040. The summed E-state index contributed by atoms with van der Waals surface area (Å²) in [7, 11) is 3.06. The highest BCUT2D eigenvalue weighted by molar-refractivity contribution is 6.45. The maximum atomic E-state index is 13.7. The van der Waals surface area contributed by atoms with E-state index in [-0.39, 0.29) is 11.8 Å². The summed E-state index contributed by atoms with van der Waals surface area (Å²) in [5.74, 6) is 0.979. The van der Waals surface area contributed by atoms with Gasteiger partial charge >= 0.3 is 0 Å². The zero-order valence-corrected chi connectivity index (χ0v) is 18.7. The normalized spacial score (nSPS) is 16.6. The van der Waals surface area contributed by atoms with Crippen LogP contribution in [0.25, 0.3) is 5.57 Å². The fourth-order valence-electron chi connectivity index (χ4n) is 4.26. The van der Waals surface area contributed by atoms with Crippen molar-refractivity contribution < 1.29 is 23.8 Å². The van der Waals surface area contributed by atoms with Crippen LogP contribution in [-0.4, -0.2) is 50.6 Å². The summed E-state index contributed by atoms with van der Waals surface area (Å²) in [5.41, 5.74) is 1.92. The van der Waals surface area contributed by atoms with Crippen molar-refractivity contribution in [1.29, 1.82) is 0 Å². The zero-order chi connectivity index (χ0) is 22.7. The number of methoxy groups -OCH3 is 2. The van der Waals surface area contributed by atoms with Gasteiger partial charge in [-0.05, 0) is 56.0 Å². The molecule has 0 radical (unpaired) electrons. The molecule has 1 fully saturated rings. The number of anilines is 1. The molecule has 2 aliphatic rings. The smallest absolute Gasteiger partial charge is 0.282 e. The van der Waals surface area contributed by atoms with E-state index in [4.69, 9.17) is 14.2 Å². The Morgan fingerprint density at radius 2 is 1.53 bits per heavy atom. The predicted octanol–water partition coefficient (Wildman–Crippen LogP) is 3.87. The quantitative estimate of drug-likeness (QED) is 0.614. The van der Waals surface area contributed by atoms with Crippen LogP contribution in [0.5, 0.6) is 17.2 Å². The molecule has 0 N–H and O–H groups in total. The first-order valence-corrected chi connectivity index (χ1v) is 10.9. The largest absolute Gasteiger partial charge is 0.497 e. The van der Waals surface area contributed by atoms with Crippen molar-refractivity contribution >= 4 is 23.1 Å². The Balaban J connectivity index is 1.82. The Hall–Kier alpha value is -3.48. The van der Waals surface area contributed by atoms with Crippen molar-refractivity contribution in [1.82, 2.24) is 4.90 Å². The molecule has 2 amide bonds. The summed E-state index contributed by atoms with van der Waals surface area (Å²) in [4.78, 5) is 30.7. The first kappa shape index (κ1) is 21.7. The van der Waals surface area contributed by atoms with Gasteiger partial charge < -0.3 is 19.1 Å². The lowest BCUT2D eigenvalue weighted by molar-refractivity contribution is -0.120. The van der Waals surface area contributed by atoms with Crippen LogP contribution >= 0.6 is 0 Å². The number of benzene rings is 2. The molecule has 32 heavy (non-hydrogen) atoms. The number of rotatable bonds is 7. The third-order valence-corrected chi connectivity index (χ3v) is 5.81. The lowest BCUT2D eigenvalue weighted by Gasteiger charge is -2.29. The molecule has 168 valence electrons. The van der Waals surface area contributed by atoms with Gasteiger partial charge in [-0.2, -0.15) is 0 Å². The van der Waals surface area contributed by atoms with E-state index < -0.39 is 0 Å².